The van der Waals surface area contributed by atoms with E-state index in [1.807, 2.05) is 28.8 Å². The molecule has 12 nitrogen and oxygen atoms in total. The minimum Gasteiger partial charge on any atom is -0.444 e. The van der Waals surface area contributed by atoms with E-state index in [1.54, 1.807) is 41.3 Å². The summed E-state index contributed by atoms with van der Waals surface area (Å²) in [5, 5.41) is 14.0. The van der Waals surface area contributed by atoms with Gasteiger partial charge in [0.05, 0.1) is 16.3 Å². The van der Waals surface area contributed by atoms with Crippen LogP contribution in [-0.2, 0) is 6.54 Å². The Bertz CT molecular complexity index is 1880. The van der Waals surface area contributed by atoms with Crippen molar-refractivity contribution in [2.45, 2.75) is 18.9 Å². The number of rotatable bonds is 6. The van der Waals surface area contributed by atoms with Crippen LogP contribution in [-0.4, -0.2) is 65.5 Å². The molecule has 3 aliphatic rings. The molecule has 2 aromatic carbocycles. The van der Waals surface area contributed by atoms with Crippen LogP contribution in [0.2, 0.25) is 0 Å². The monoisotopic (exact) mass is 686 g/mol. The molecule has 0 aliphatic carbocycles. The number of carbonyl (C=O) groups is 2. The molecule has 4 aromatic rings. The molecule has 236 valence electrons. The van der Waals surface area contributed by atoms with Crippen LogP contribution in [0.3, 0.4) is 0 Å². The van der Waals surface area contributed by atoms with Gasteiger partial charge in [-0.1, -0.05) is 6.07 Å². The number of non-ortho nitro benzene ring substituents is 1. The lowest BCUT2D eigenvalue weighted by atomic mass is 9.83. The van der Waals surface area contributed by atoms with E-state index >= 15 is 0 Å². The Balaban J connectivity index is 1.12. The van der Waals surface area contributed by atoms with Crippen molar-refractivity contribution in [1.29, 1.82) is 0 Å². The average Bonchev–Trinajstić information content (AvgIpc) is 3.51. The molecule has 2 unspecified atom stereocenters. The Morgan fingerprint density at radius 1 is 0.913 bits per heavy atom. The summed E-state index contributed by atoms with van der Waals surface area (Å²) in [7, 11) is 0. The van der Waals surface area contributed by atoms with Gasteiger partial charge in [-0.2, -0.15) is 0 Å². The first-order valence-electron chi connectivity index (χ1n) is 15.2. The number of furan rings is 1. The fourth-order valence-electron chi connectivity index (χ4n) is 6.89. The van der Waals surface area contributed by atoms with Crippen LogP contribution in [0, 0.1) is 16.0 Å². The number of anilines is 3. The molecule has 1 N–H and O–H groups in total. The zero-order valence-electron chi connectivity index (χ0n) is 24.8. The molecule has 0 spiro atoms. The van der Waals surface area contributed by atoms with Crippen molar-refractivity contribution >= 4 is 50.5 Å². The number of aromatic nitrogens is 1. The topological polar surface area (TPSA) is 134 Å². The number of hydrogen-bond donors (Lipinski definition) is 1. The summed E-state index contributed by atoms with van der Waals surface area (Å²) in [4.78, 5) is 56.3. The molecule has 0 saturated carbocycles. The van der Waals surface area contributed by atoms with E-state index in [0.29, 0.717) is 61.7 Å². The summed E-state index contributed by atoms with van der Waals surface area (Å²) >= 11 is 3.25. The van der Waals surface area contributed by atoms with Gasteiger partial charge in [0, 0.05) is 86.9 Å². The third-order valence-corrected chi connectivity index (χ3v) is 9.53. The Hall–Kier alpha value is -4.91. The lowest BCUT2D eigenvalue weighted by Crippen LogP contribution is -2.49. The van der Waals surface area contributed by atoms with E-state index in [-0.39, 0.29) is 34.7 Å². The highest BCUT2D eigenvalue weighted by Crippen LogP contribution is 2.39. The number of piperidine rings is 1. The zero-order chi connectivity index (χ0) is 31.9. The van der Waals surface area contributed by atoms with Gasteiger partial charge < -0.3 is 29.0 Å². The molecule has 3 aliphatic heterocycles. The van der Waals surface area contributed by atoms with E-state index in [0.717, 1.165) is 23.5 Å². The van der Waals surface area contributed by atoms with E-state index < -0.39 is 10.8 Å². The van der Waals surface area contributed by atoms with Gasteiger partial charge in [-0.3, -0.25) is 24.5 Å². The zero-order valence-corrected chi connectivity index (χ0v) is 26.4. The number of benzene rings is 2. The molecular formula is C33H31BrN6O6. The lowest BCUT2D eigenvalue weighted by molar-refractivity contribution is -0.384. The number of nitro benzene ring substituents is 1. The maximum Gasteiger partial charge on any atom is 0.291 e. The van der Waals surface area contributed by atoms with Crippen molar-refractivity contribution < 1.29 is 18.9 Å². The largest absolute Gasteiger partial charge is 0.444 e. The maximum absolute atomic E-state index is 13.7. The number of pyridine rings is 1. The molecule has 2 bridgehead atoms. The van der Waals surface area contributed by atoms with Crippen molar-refractivity contribution in [2.24, 2.45) is 5.92 Å². The summed E-state index contributed by atoms with van der Waals surface area (Å²) in [5.74, 6) is 0.00156. The standard InChI is InChI=1S/C33H31BrN6O6/c34-30-11-10-29(46-30)32(42)35-26-17-22(33(43)37-14-12-36(13-15-37)24-5-7-25(8-6-24)40(44)45)4-9-28(26)38-18-21-16-23(20-38)27-2-1-3-31(41)39(27)19-21/h1-11,17,21,23H,12-16,18-20H2,(H,35,42). The third-order valence-electron chi connectivity index (χ3n) is 9.10. The van der Waals surface area contributed by atoms with E-state index in [2.05, 4.69) is 31.0 Å². The normalized spacial score (nSPS) is 19.0. The summed E-state index contributed by atoms with van der Waals surface area (Å²) < 4.78 is 7.82. The number of hydrogen-bond acceptors (Lipinski definition) is 8. The van der Waals surface area contributed by atoms with Gasteiger partial charge >= 0.3 is 0 Å². The van der Waals surface area contributed by atoms with Crippen LogP contribution < -0.4 is 20.7 Å². The first kappa shape index (κ1) is 29.8. The molecule has 2 atom stereocenters. The minimum absolute atomic E-state index is 0.0228. The van der Waals surface area contributed by atoms with Crippen molar-refractivity contribution in [3.63, 3.8) is 0 Å². The summed E-state index contributed by atoms with van der Waals surface area (Å²) in [6, 6.07) is 20.5. The number of nitro groups is 1. The van der Waals surface area contributed by atoms with Gasteiger partial charge in [-0.05, 0) is 76.8 Å². The maximum atomic E-state index is 13.7. The number of halogens is 1. The predicted molar refractivity (Wildman–Crippen MR) is 176 cm³/mol. The van der Waals surface area contributed by atoms with E-state index in [1.165, 1.54) is 12.1 Å². The molecule has 2 saturated heterocycles. The Labute approximate surface area is 272 Å². The number of carbonyl (C=O) groups excluding carboxylic acids is 2. The van der Waals surface area contributed by atoms with Gasteiger partial charge in [0.2, 0.25) is 0 Å². The van der Waals surface area contributed by atoms with E-state index in [4.69, 9.17) is 4.42 Å². The fourth-order valence-corrected chi connectivity index (χ4v) is 7.20. The minimum atomic E-state index is -0.428. The van der Waals surface area contributed by atoms with Crippen molar-refractivity contribution in [2.75, 3.05) is 54.4 Å². The molecule has 2 amide bonds. The smallest absolute Gasteiger partial charge is 0.291 e. The second kappa shape index (κ2) is 12.1. The molecular weight excluding hydrogens is 656 g/mol. The number of fused-ring (bicyclic) bond motifs is 4. The van der Waals surface area contributed by atoms with Crippen molar-refractivity contribution in [1.82, 2.24) is 9.47 Å². The highest BCUT2D eigenvalue weighted by molar-refractivity contribution is 9.10. The number of piperazine rings is 1. The lowest BCUT2D eigenvalue weighted by Gasteiger charge is -2.44. The first-order chi connectivity index (χ1) is 22.2. The van der Waals surface area contributed by atoms with Gasteiger partial charge in [-0.15, -0.1) is 0 Å². The molecule has 5 heterocycles. The van der Waals surface area contributed by atoms with Crippen LogP contribution in [0.5, 0.6) is 0 Å². The van der Waals surface area contributed by atoms with Gasteiger partial charge in [0.25, 0.3) is 23.1 Å². The van der Waals surface area contributed by atoms with Gasteiger partial charge in [0.1, 0.15) is 0 Å². The third kappa shape index (κ3) is 5.78. The van der Waals surface area contributed by atoms with Crippen LogP contribution >= 0.6 is 15.9 Å². The number of amides is 2. The number of nitrogens with one attached hydrogen (secondary N) is 1. The Morgan fingerprint density at radius 3 is 2.41 bits per heavy atom. The molecule has 46 heavy (non-hydrogen) atoms. The van der Waals surface area contributed by atoms with Crippen LogP contribution in [0.15, 0.2) is 86.7 Å². The SMILES string of the molecule is O=C(Nc1cc(C(=O)N2CCN(c3ccc([N+](=O)[O-])cc3)CC2)ccc1N1CC2CC(C1)c1cccc(=O)n1C2)c1ccc(Br)o1. The van der Waals surface area contributed by atoms with Gasteiger partial charge in [-0.25, -0.2) is 0 Å². The molecule has 2 aromatic heterocycles. The second-order valence-electron chi connectivity index (χ2n) is 11.9. The average molecular weight is 688 g/mol. The second-order valence-corrected chi connectivity index (χ2v) is 12.7. The Morgan fingerprint density at radius 2 is 1.70 bits per heavy atom. The quantitative estimate of drug-likeness (QED) is 0.223. The van der Waals surface area contributed by atoms with Crippen molar-refractivity contribution in [3.05, 3.63) is 115 Å². The van der Waals surface area contributed by atoms with E-state index in [9.17, 15) is 24.5 Å². The molecule has 2 fully saturated rings. The van der Waals surface area contributed by atoms with Crippen LogP contribution in [0.25, 0.3) is 0 Å². The van der Waals surface area contributed by atoms with Gasteiger partial charge in [0.15, 0.2) is 10.4 Å². The first-order valence-corrected chi connectivity index (χ1v) is 16.0. The highest BCUT2D eigenvalue weighted by Gasteiger charge is 2.36. The predicted octanol–water partition coefficient (Wildman–Crippen LogP) is 4.95. The Kier molecular flexibility index (Phi) is 7.85. The molecule has 13 heteroatoms. The molecule has 0 radical (unpaired) electrons. The van der Waals surface area contributed by atoms with Crippen molar-refractivity contribution in [3.8, 4) is 0 Å². The number of nitrogens with zero attached hydrogens (tertiary/aromatic N) is 5. The van der Waals surface area contributed by atoms with Crippen LogP contribution in [0.4, 0.5) is 22.7 Å². The summed E-state index contributed by atoms with van der Waals surface area (Å²) in [6.45, 7) is 4.16. The summed E-state index contributed by atoms with van der Waals surface area (Å²) in [5.41, 5.74) is 3.73. The summed E-state index contributed by atoms with van der Waals surface area (Å²) in [6.07, 6.45) is 0.991. The fraction of sp³-hybridized carbons (Fsp3) is 0.303. The molecule has 7 rings (SSSR count). The highest BCUT2D eigenvalue weighted by atomic mass is 79.9. The van der Waals surface area contributed by atoms with Crippen LogP contribution in [0.1, 0.15) is 38.9 Å².